The number of benzene rings is 1. The SMILES string of the molecule is O=C(/C=C/c1cnn(Cc2ccccc2)c1)OCc1nnc(-c2ccco2)o1. The number of hydrogen-bond acceptors (Lipinski definition) is 7. The van der Waals surface area contributed by atoms with Gasteiger partial charge in [-0.15, -0.1) is 10.2 Å². The molecular formula is C20H16N4O4. The third-order valence-corrected chi connectivity index (χ3v) is 3.79. The first-order chi connectivity index (χ1) is 13.8. The Kier molecular flexibility index (Phi) is 5.10. The Hall–Kier alpha value is -3.94. The highest BCUT2D eigenvalue weighted by Crippen LogP contribution is 2.18. The van der Waals surface area contributed by atoms with Crippen LogP contribution in [0.1, 0.15) is 17.0 Å². The van der Waals surface area contributed by atoms with E-state index in [0.29, 0.717) is 12.3 Å². The van der Waals surface area contributed by atoms with E-state index in [1.165, 1.54) is 12.3 Å². The topological polar surface area (TPSA) is 96.2 Å². The van der Waals surface area contributed by atoms with E-state index in [1.807, 2.05) is 36.5 Å². The van der Waals surface area contributed by atoms with Gasteiger partial charge in [0.25, 0.3) is 11.8 Å². The van der Waals surface area contributed by atoms with Gasteiger partial charge in [0.1, 0.15) is 0 Å². The van der Waals surface area contributed by atoms with Crippen LogP contribution in [0.15, 0.2) is 76.0 Å². The van der Waals surface area contributed by atoms with Crippen molar-refractivity contribution in [1.82, 2.24) is 20.0 Å². The van der Waals surface area contributed by atoms with Crippen LogP contribution in [0.3, 0.4) is 0 Å². The molecule has 0 unspecified atom stereocenters. The van der Waals surface area contributed by atoms with E-state index in [4.69, 9.17) is 13.6 Å². The predicted octanol–water partition coefficient (Wildman–Crippen LogP) is 3.33. The first-order valence-corrected chi connectivity index (χ1v) is 8.54. The van der Waals surface area contributed by atoms with E-state index in [-0.39, 0.29) is 18.4 Å². The van der Waals surface area contributed by atoms with Crippen molar-refractivity contribution in [3.63, 3.8) is 0 Å². The van der Waals surface area contributed by atoms with Gasteiger partial charge in [-0.25, -0.2) is 4.79 Å². The van der Waals surface area contributed by atoms with E-state index in [2.05, 4.69) is 15.3 Å². The molecule has 1 aromatic carbocycles. The maximum absolute atomic E-state index is 11.9. The summed E-state index contributed by atoms with van der Waals surface area (Å²) in [5.74, 6) is 0.354. The number of furan rings is 1. The monoisotopic (exact) mass is 376 g/mol. The fourth-order valence-corrected chi connectivity index (χ4v) is 2.48. The van der Waals surface area contributed by atoms with Gasteiger partial charge in [0.2, 0.25) is 0 Å². The van der Waals surface area contributed by atoms with E-state index in [1.54, 1.807) is 29.1 Å². The zero-order valence-electron chi connectivity index (χ0n) is 14.8. The molecule has 0 aliphatic rings. The van der Waals surface area contributed by atoms with Crippen molar-refractivity contribution >= 4 is 12.0 Å². The molecule has 0 amide bonds. The van der Waals surface area contributed by atoms with Crippen molar-refractivity contribution in [2.45, 2.75) is 13.2 Å². The zero-order valence-corrected chi connectivity index (χ0v) is 14.8. The predicted molar refractivity (Wildman–Crippen MR) is 98.6 cm³/mol. The van der Waals surface area contributed by atoms with Crippen LogP contribution < -0.4 is 0 Å². The third-order valence-electron chi connectivity index (χ3n) is 3.79. The molecule has 0 saturated carbocycles. The molecule has 0 spiro atoms. The molecule has 3 heterocycles. The number of esters is 1. The lowest BCUT2D eigenvalue weighted by molar-refractivity contribution is -0.139. The van der Waals surface area contributed by atoms with Crippen molar-refractivity contribution in [3.8, 4) is 11.7 Å². The van der Waals surface area contributed by atoms with Crippen LogP contribution >= 0.6 is 0 Å². The van der Waals surface area contributed by atoms with Gasteiger partial charge in [0.05, 0.1) is 19.0 Å². The molecule has 4 rings (SSSR count). The molecule has 0 bridgehead atoms. The molecule has 28 heavy (non-hydrogen) atoms. The van der Waals surface area contributed by atoms with Gasteiger partial charge in [-0.1, -0.05) is 30.3 Å². The van der Waals surface area contributed by atoms with Crippen LogP contribution in [0.4, 0.5) is 0 Å². The highest BCUT2D eigenvalue weighted by Gasteiger charge is 2.11. The summed E-state index contributed by atoms with van der Waals surface area (Å²) in [7, 11) is 0. The second-order valence-electron chi connectivity index (χ2n) is 5.88. The lowest BCUT2D eigenvalue weighted by Crippen LogP contribution is -2.01. The second-order valence-corrected chi connectivity index (χ2v) is 5.88. The standard InChI is InChI=1S/C20H16N4O4/c25-19(27-14-18-22-23-20(28-18)17-7-4-10-26-17)9-8-16-11-21-24(13-16)12-15-5-2-1-3-6-15/h1-11,13H,12,14H2/b9-8+. The van der Waals surface area contributed by atoms with E-state index in [9.17, 15) is 4.79 Å². The highest BCUT2D eigenvalue weighted by molar-refractivity contribution is 5.86. The summed E-state index contributed by atoms with van der Waals surface area (Å²) in [6, 6.07) is 13.4. The summed E-state index contributed by atoms with van der Waals surface area (Å²) >= 11 is 0. The van der Waals surface area contributed by atoms with E-state index in [0.717, 1.165) is 11.1 Å². The molecule has 0 aliphatic heterocycles. The molecule has 0 fully saturated rings. The Bertz CT molecular complexity index is 1060. The second kappa shape index (κ2) is 8.17. The number of hydrogen-bond donors (Lipinski definition) is 0. The Morgan fingerprint density at radius 1 is 1.14 bits per heavy atom. The van der Waals surface area contributed by atoms with Crippen molar-refractivity contribution in [2.24, 2.45) is 0 Å². The zero-order chi connectivity index (χ0) is 19.2. The quantitative estimate of drug-likeness (QED) is 0.360. The summed E-state index contributed by atoms with van der Waals surface area (Å²) < 4.78 is 17.4. The average Bonchev–Trinajstić information content (AvgIpc) is 3.47. The van der Waals surface area contributed by atoms with E-state index < -0.39 is 5.97 Å². The fraction of sp³-hybridized carbons (Fsp3) is 0.100. The van der Waals surface area contributed by atoms with Crippen LogP contribution in [0.2, 0.25) is 0 Å². The molecule has 0 aliphatic carbocycles. The van der Waals surface area contributed by atoms with Gasteiger partial charge in [0.15, 0.2) is 12.4 Å². The van der Waals surface area contributed by atoms with Crippen LogP contribution in [0, 0.1) is 0 Å². The van der Waals surface area contributed by atoms with Crippen molar-refractivity contribution < 1.29 is 18.4 Å². The molecular weight excluding hydrogens is 360 g/mol. The van der Waals surface area contributed by atoms with Gasteiger partial charge >= 0.3 is 5.97 Å². The van der Waals surface area contributed by atoms with Gasteiger partial charge in [-0.05, 0) is 23.8 Å². The minimum Gasteiger partial charge on any atom is -0.459 e. The molecule has 8 nitrogen and oxygen atoms in total. The van der Waals surface area contributed by atoms with Crippen LogP contribution in [0.5, 0.6) is 0 Å². The van der Waals surface area contributed by atoms with Gasteiger partial charge in [0, 0.05) is 17.8 Å². The smallest absolute Gasteiger partial charge is 0.331 e. The number of ether oxygens (including phenoxy) is 1. The maximum Gasteiger partial charge on any atom is 0.331 e. The molecule has 140 valence electrons. The molecule has 0 saturated heterocycles. The third kappa shape index (κ3) is 4.42. The highest BCUT2D eigenvalue weighted by atomic mass is 16.5. The number of rotatable bonds is 7. The molecule has 0 radical (unpaired) electrons. The summed E-state index contributed by atoms with van der Waals surface area (Å²) in [5.41, 5.74) is 1.94. The van der Waals surface area contributed by atoms with E-state index >= 15 is 0 Å². The van der Waals surface area contributed by atoms with Crippen LogP contribution in [-0.4, -0.2) is 25.9 Å². The van der Waals surface area contributed by atoms with Crippen LogP contribution in [0.25, 0.3) is 17.7 Å². The van der Waals surface area contributed by atoms with Crippen LogP contribution in [-0.2, 0) is 22.7 Å². The average molecular weight is 376 g/mol. The van der Waals surface area contributed by atoms with Crippen molar-refractivity contribution in [1.29, 1.82) is 0 Å². The molecule has 0 N–H and O–H groups in total. The van der Waals surface area contributed by atoms with Crippen molar-refractivity contribution in [3.05, 3.63) is 84.2 Å². The summed E-state index contributed by atoms with van der Waals surface area (Å²) in [6.07, 6.45) is 8.00. The minimum absolute atomic E-state index is 0.121. The first kappa shape index (κ1) is 17.5. The number of carbonyl (C=O) groups is 1. The fourth-order valence-electron chi connectivity index (χ4n) is 2.48. The van der Waals surface area contributed by atoms with Crippen molar-refractivity contribution in [2.75, 3.05) is 0 Å². The maximum atomic E-state index is 11.9. The summed E-state index contributed by atoms with van der Waals surface area (Å²) in [5, 5.41) is 11.9. The largest absolute Gasteiger partial charge is 0.459 e. The Balaban J connectivity index is 1.28. The minimum atomic E-state index is -0.520. The number of carbonyl (C=O) groups excluding carboxylic acids is 1. The molecule has 0 atom stereocenters. The summed E-state index contributed by atoms with van der Waals surface area (Å²) in [4.78, 5) is 11.9. The Morgan fingerprint density at radius 2 is 2.04 bits per heavy atom. The number of aromatic nitrogens is 4. The lowest BCUT2D eigenvalue weighted by atomic mass is 10.2. The molecule has 3 aromatic heterocycles. The van der Waals surface area contributed by atoms with Gasteiger partial charge in [-0.3, -0.25) is 4.68 Å². The summed E-state index contributed by atoms with van der Waals surface area (Å²) in [6.45, 7) is 0.540. The molecule has 8 heteroatoms. The number of nitrogens with zero attached hydrogens (tertiary/aromatic N) is 4. The first-order valence-electron chi connectivity index (χ1n) is 8.54. The molecule has 4 aromatic rings. The lowest BCUT2D eigenvalue weighted by Gasteiger charge is -2.00. The Morgan fingerprint density at radius 3 is 2.86 bits per heavy atom. The van der Waals surface area contributed by atoms with Gasteiger partial charge < -0.3 is 13.6 Å². The van der Waals surface area contributed by atoms with Gasteiger partial charge in [-0.2, -0.15) is 5.10 Å². The Labute approximate surface area is 160 Å². The normalized spacial score (nSPS) is 11.1.